The van der Waals surface area contributed by atoms with Gasteiger partial charge in [-0.3, -0.25) is 9.59 Å². The van der Waals surface area contributed by atoms with Crippen molar-refractivity contribution in [2.45, 2.75) is 33.0 Å². The molecule has 0 aliphatic carbocycles. The number of fused-ring (bicyclic) bond motifs is 1. The lowest BCUT2D eigenvalue weighted by Crippen LogP contribution is -2.45. The van der Waals surface area contributed by atoms with Gasteiger partial charge >= 0.3 is 0 Å². The number of rotatable bonds is 9. The van der Waals surface area contributed by atoms with Crippen molar-refractivity contribution in [3.63, 3.8) is 0 Å². The van der Waals surface area contributed by atoms with E-state index in [1.54, 1.807) is 52.5 Å². The van der Waals surface area contributed by atoms with Crippen LogP contribution in [0.25, 0.3) is 0 Å². The second kappa shape index (κ2) is 10.6. The predicted octanol–water partition coefficient (Wildman–Crippen LogP) is 4.57. The van der Waals surface area contributed by atoms with Gasteiger partial charge < -0.3 is 24.0 Å². The van der Waals surface area contributed by atoms with Crippen molar-refractivity contribution < 1.29 is 23.8 Å². The predicted molar refractivity (Wildman–Crippen MR) is 130 cm³/mol. The van der Waals surface area contributed by atoms with E-state index in [1.807, 2.05) is 49.6 Å². The molecular formula is C26H28N2O5S. The van der Waals surface area contributed by atoms with Crippen molar-refractivity contribution in [1.29, 1.82) is 0 Å². The van der Waals surface area contributed by atoms with Crippen LogP contribution < -0.4 is 14.2 Å². The molecule has 1 aromatic heterocycles. The zero-order valence-electron chi connectivity index (χ0n) is 19.5. The number of amides is 2. The van der Waals surface area contributed by atoms with E-state index in [0.29, 0.717) is 35.9 Å². The van der Waals surface area contributed by atoms with Crippen LogP contribution >= 0.6 is 11.3 Å². The van der Waals surface area contributed by atoms with Gasteiger partial charge in [-0.2, -0.15) is 0 Å². The number of carbonyl (C=O) groups is 2. The van der Waals surface area contributed by atoms with E-state index in [1.165, 1.54) is 0 Å². The fourth-order valence-electron chi connectivity index (χ4n) is 3.74. The van der Waals surface area contributed by atoms with Crippen molar-refractivity contribution in [2.24, 2.45) is 0 Å². The van der Waals surface area contributed by atoms with Crippen LogP contribution in [0, 0.1) is 0 Å². The maximum absolute atomic E-state index is 13.5. The molecule has 0 bridgehead atoms. The highest BCUT2D eigenvalue weighted by molar-refractivity contribution is 7.09. The monoisotopic (exact) mass is 480 g/mol. The number of nitrogens with zero attached hydrogens (tertiary/aromatic N) is 2. The van der Waals surface area contributed by atoms with E-state index < -0.39 is 0 Å². The van der Waals surface area contributed by atoms with Crippen LogP contribution in [-0.4, -0.2) is 48.1 Å². The first-order valence-corrected chi connectivity index (χ1v) is 12.0. The molecule has 4 rings (SSSR count). The minimum absolute atomic E-state index is 0.0242. The Labute approximate surface area is 203 Å². The van der Waals surface area contributed by atoms with Crippen LogP contribution in [-0.2, 0) is 17.9 Å². The summed E-state index contributed by atoms with van der Waals surface area (Å²) in [7, 11) is 1.56. The SMILES string of the molecule is COc1cccc(C(=O)N(CC(=O)N(Cc2ccc3c(c2)OCO3)Cc2cccs2)C(C)C)c1. The summed E-state index contributed by atoms with van der Waals surface area (Å²) in [5.74, 6) is 1.65. The third kappa shape index (κ3) is 5.51. The zero-order chi connectivity index (χ0) is 24.1. The molecular weight excluding hydrogens is 452 g/mol. The molecule has 0 unspecified atom stereocenters. The van der Waals surface area contributed by atoms with E-state index in [-0.39, 0.29) is 31.2 Å². The Morgan fingerprint density at radius 3 is 2.59 bits per heavy atom. The van der Waals surface area contributed by atoms with Gasteiger partial charge in [-0.1, -0.05) is 18.2 Å². The van der Waals surface area contributed by atoms with Gasteiger partial charge in [-0.05, 0) is 61.2 Å². The molecule has 0 N–H and O–H groups in total. The molecule has 3 aromatic rings. The van der Waals surface area contributed by atoms with Gasteiger partial charge in [0.2, 0.25) is 12.7 Å². The van der Waals surface area contributed by atoms with Gasteiger partial charge in [0.15, 0.2) is 11.5 Å². The average molecular weight is 481 g/mol. The molecule has 2 heterocycles. The van der Waals surface area contributed by atoms with Crippen LogP contribution in [0.1, 0.15) is 34.6 Å². The smallest absolute Gasteiger partial charge is 0.254 e. The Morgan fingerprint density at radius 2 is 1.85 bits per heavy atom. The summed E-state index contributed by atoms with van der Waals surface area (Å²) in [4.78, 5) is 31.3. The molecule has 1 aliphatic rings. The van der Waals surface area contributed by atoms with Crippen molar-refractivity contribution in [2.75, 3.05) is 20.4 Å². The molecule has 2 aromatic carbocycles. The molecule has 8 heteroatoms. The lowest BCUT2D eigenvalue weighted by Gasteiger charge is -2.30. The molecule has 2 amide bonds. The van der Waals surface area contributed by atoms with Gasteiger partial charge in [0.05, 0.1) is 13.7 Å². The van der Waals surface area contributed by atoms with Crippen molar-refractivity contribution in [3.8, 4) is 17.2 Å². The minimum atomic E-state index is -0.207. The summed E-state index contributed by atoms with van der Waals surface area (Å²) < 4.78 is 16.2. The number of hydrogen-bond acceptors (Lipinski definition) is 6. The third-order valence-corrected chi connectivity index (χ3v) is 6.46. The highest BCUT2D eigenvalue weighted by atomic mass is 32.1. The Kier molecular flexibility index (Phi) is 7.37. The van der Waals surface area contributed by atoms with Gasteiger partial charge in [0.25, 0.3) is 5.91 Å². The van der Waals surface area contributed by atoms with Crippen LogP contribution in [0.15, 0.2) is 60.0 Å². The Hall–Kier alpha value is -3.52. The average Bonchev–Trinajstić information content (AvgIpc) is 3.53. The Morgan fingerprint density at radius 1 is 1.03 bits per heavy atom. The largest absolute Gasteiger partial charge is 0.497 e. The summed E-state index contributed by atoms with van der Waals surface area (Å²) >= 11 is 1.60. The van der Waals surface area contributed by atoms with Crippen LogP contribution in [0.5, 0.6) is 17.2 Å². The molecule has 0 saturated heterocycles. The van der Waals surface area contributed by atoms with Gasteiger partial charge in [0.1, 0.15) is 12.3 Å². The number of methoxy groups -OCH3 is 1. The number of ether oxygens (including phenoxy) is 3. The van der Waals surface area contributed by atoms with Crippen LogP contribution in [0.3, 0.4) is 0 Å². The highest BCUT2D eigenvalue weighted by Gasteiger charge is 2.26. The molecule has 1 aliphatic heterocycles. The van der Waals surface area contributed by atoms with E-state index in [0.717, 1.165) is 10.4 Å². The highest BCUT2D eigenvalue weighted by Crippen LogP contribution is 2.33. The molecule has 34 heavy (non-hydrogen) atoms. The van der Waals surface area contributed by atoms with Gasteiger partial charge in [-0.25, -0.2) is 0 Å². The first-order valence-electron chi connectivity index (χ1n) is 11.1. The molecule has 7 nitrogen and oxygen atoms in total. The topological polar surface area (TPSA) is 68.3 Å². The second-order valence-electron chi connectivity index (χ2n) is 8.28. The number of benzene rings is 2. The zero-order valence-corrected chi connectivity index (χ0v) is 20.3. The minimum Gasteiger partial charge on any atom is -0.497 e. The van der Waals surface area contributed by atoms with Crippen molar-refractivity contribution in [1.82, 2.24) is 9.80 Å². The summed E-state index contributed by atoms with van der Waals surface area (Å²) in [6, 6.07) is 16.5. The molecule has 0 spiro atoms. The third-order valence-electron chi connectivity index (χ3n) is 5.60. The Bertz CT molecular complexity index is 1150. The van der Waals surface area contributed by atoms with Gasteiger partial charge in [0, 0.05) is 23.0 Å². The molecule has 0 radical (unpaired) electrons. The number of carbonyl (C=O) groups excluding carboxylic acids is 2. The van der Waals surface area contributed by atoms with Crippen LogP contribution in [0.2, 0.25) is 0 Å². The maximum Gasteiger partial charge on any atom is 0.254 e. The Balaban J connectivity index is 1.54. The quantitative estimate of drug-likeness (QED) is 0.449. The second-order valence-corrected chi connectivity index (χ2v) is 9.31. The van der Waals surface area contributed by atoms with Gasteiger partial charge in [-0.15, -0.1) is 11.3 Å². The molecule has 178 valence electrons. The first kappa shape index (κ1) is 23.6. The summed E-state index contributed by atoms with van der Waals surface area (Å²) in [5, 5.41) is 1.99. The number of hydrogen-bond donors (Lipinski definition) is 0. The molecule has 0 saturated carbocycles. The lowest BCUT2D eigenvalue weighted by atomic mass is 10.1. The lowest BCUT2D eigenvalue weighted by molar-refractivity contribution is -0.133. The first-order chi connectivity index (χ1) is 16.4. The van der Waals surface area contributed by atoms with E-state index in [2.05, 4.69) is 0 Å². The normalized spacial score (nSPS) is 12.0. The summed E-state index contributed by atoms with van der Waals surface area (Å²) in [6.45, 7) is 4.85. The van der Waals surface area contributed by atoms with E-state index >= 15 is 0 Å². The van der Waals surface area contributed by atoms with Crippen molar-refractivity contribution >= 4 is 23.2 Å². The maximum atomic E-state index is 13.5. The fourth-order valence-corrected chi connectivity index (χ4v) is 4.46. The molecule has 0 fully saturated rings. The summed E-state index contributed by atoms with van der Waals surface area (Å²) in [6.07, 6.45) is 0. The van der Waals surface area contributed by atoms with E-state index in [4.69, 9.17) is 14.2 Å². The fraction of sp³-hybridized carbons (Fsp3) is 0.308. The van der Waals surface area contributed by atoms with E-state index in [9.17, 15) is 9.59 Å². The standard InChI is InChI=1S/C26H28N2O5S/c1-18(2)28(26(30)20-6-4-7-21(13-20)31-3)16-25(29)27(15-22-8-5-11-34-22)14-19-9-10-23-24(12-19)33-17-32-23/h4-13,18H,14-17H2,1-3H3. The molecule has 0 atom stereocenters. The summed E-state index contributed by atoms with van der Waals surface area (Å²) in [5.41, 5.74) is 1.42. The van der Waals surface area contributed by atoms with Crippen molar-refractivity contribution in [3.05, 3.63) is 76.0 Å². The van der Waals surface area contributed by atoms with Crippen LogP contribution in [0.4, 0.5) is 0 Å². The number of thiophene rings is 1.